The number of carbonyl (C=O) groups excluding carboxylic acids is 1. The van der Waals surface area contributed by atoms with E-state index in [2.05, 4.69) is 25.4 Å². The van der Waals surface area contributed by atoms with Crippen LogP contribution in [0.1, 0.15) is 16.3 Å². The lowest BCUT2D eigenvalue weighted by atomic mass is 10.3. The number of methoxy groups -OCH3 is 1. The van der Waals surface area contributed by atoms with Gasteiger partial charge in [0.15, 0.2) is 5.82 Å². The second-order valence-electron chi connectivity index (χ2n) is 5.90. The second kappa shape index (κ2) is 7.31. The van der Waals surface area contributed by atoms with Crippen LogP contribution in [0.3, 0.4) is 0 Å². The number of pyridine rings is 1. The molecule has 3 aromatic heterocycles. The third kappa shape index (κ3) is 3.58. The topological polar surface area (TPSA) is 108 Å². The van der Waals surface area contributed by atoms with Crippen molar-refractivity contribution in [2.75, 3.05) is 12.4 Å². The molecule has 28 heavy (non-hydrogen) atoms. The van der Waals surface area contributed by atoms with Crippen molar-refractivity contribution in [1.29, 1.82) is 0 Å². The zero-order valence-electron chi connectivity index (χ0n) is 15.2. The number of aromatic nitrogens is 5. The minimum absolute atomic E-state index is 0.272. The first kappa shape index (κ1) is 17.4. The molecule has 0 saturated heterocycles. The average molecular weight is 376 g/mol. The number of rotatable bonds is 5. The highest BCUT2D eigenvalue weighted by atomic mass is 16.5. The van der Waals surface area contributed by atoms with Gasteiger partial charge < -0.3 is 14.6 Å². The summed E-state index contributed by atoms with van der Waals surface area (Å²) >= 11 is 0. The maximum absolute atomic E-state index is 12.4. The summed E-state index contributed by atoms with van der Waals surface area (Å²) in [6.07, 6.45) is 4.76. The van der Waals surface area contributed by atoms with E-state index in [-0.39, 0.29) is 11.6 Å². The maximum Gasteiger partial charge on any atom is 0.275 e. The quantitative estimate of drug-likeness (QED) is 0.570. The highest BCUT2D eigenvalue weighted by Crippen LogP contribution is 2.18. The molecule has 0 atom stereocenters. The van der Waals surface area contributed by atoms with E-state index in [4.69, 9.17) is 9.26 Å². The van der Waals surface area contributed by atoms with Crippen LogP contribution in [0, 0.1) is 6.92 Å². The molecule has 9 nitrogen and oxygen atoms in total. The lowest BCUT2D eigenvalue weighted by Gasteiger charge is -2.04. The van der Waals surface area contributed by atoms with E-state index in [9.17, 15) is 4.79 Å². The lowest BCUT2D eigenvalue weighted by Crippen LogP contribution is -2.12. The van der Waals surface area contributed by atoms with Crippen LogP contribution in [0.25, 0.3) is 17.3 Å². The fourth-order valence-corrected chi connectivity index (χ4v) is 2.51. The third-order valence-corrected chi connectivity index (χ3v) is 3.95. The fraction of sp³-hybridized carbons (Fsp3) is 0.105. The average Bonchev–Trinajstić information content (AvgIpc) is 3.38. The van der Waals surface area contributed by atoms with E-state index in [1.165, 1.54) is 6.33 Å². The van der Waals surface area contributed by atoms with Gasteiger partial charge in [-0.2, -0.15) is 4.98 Å². The van der Waals surface area contributed by atoms with Crippen LogP contribution in [0.4, 0.5) is 5.69 Å². The zero-order chi connectivity index (χ0) is 19.5. The van der Waals surface area contributed by atoms with Gasteiger partial charge in [-0.15, -0.1) is 0 Å². The van der Waals surface area contributed by atoms with E-state index < -0.39 is 0 Å². The molecule has 140 valence electrons. The van der Waals surface area contributed by atoms with Crippen LogP contribution >= 0.6 is 0 Å². The van der Waals surface area contributed by atoms with Gasteiger partial charge in [0, 0.05) is 18.1 Å². The number of nitrogens with one attached hydrogen (secondary N) is 1. The molecule has 0 fully saturated rings. The normalized spacial score (nSPS) is 10.6. The molecule has 1 aromatic carbocycles. The Labute approximate surface area is 160 Å². The molecule has 4 aromatic rings. The Balaban J connectivity index is 1.48. The summed E-state index contributed by atoms with van der Waals surface area (Å²) in [5, 5.41) is 6.55. The number of nitrogens with zero attached hydrogens (tertiary/aromatic N) is 5. The minimum atomic E-state index is -0.318. The van der Waals surface area contributed by atoms with Crippen molar-refractivity contribution in [2.45, 2.75) is 6.92 Å². The van der Waals surface area contributed by atoms with Gasteiger partial charge in [-0.1, -0.05) is 5.16 Å². The smallest absolute Gasteiger partial charge is 0.275 e. The summed E-state index contributed by atoms with van der Waals surface area (Å²) in [4.78, 5) is 25.1. The van der Waals surface area contributed by atoms with Crippen molar-refractivity contribution >= 4 is 11.6 Å². The van der Waals surface area contributed by atoms with Crippen LogP contribution in [0.15, 0.2) is 59.6 Å². The molecular formula is C19H16N6O3. The van der Waals surface area contributed by atoms with Crippen molar-refractivity contribution < 1.29 is 14.1 Å². The fourth-order valence-electron chi connectivity index (χ4n) is 2.51. The molecule has 0 spiro atoms. The number of hydrogen-bond donors (Lipinski definition) is 1. The summed E-state index contributed by atoms with van der Waals surface area (Å²) in [6, 6.07) is 10.6. The Kier molecular flexibility index (Phi) is 4.55. The van der Waals surface area contributed by atoms with Crippen molar-refractivity contribution in [3.63, 3.8) is 0 Å². The standard InChI is InChI=1S/C19H16N6O3/c1-12-22-19(28-24-12)13-3-8-17(20-9-13)25-10-16(21-11-25)18(26)23-14-4-6-15(27-2)7-5-14/h3-11H,1-2H3,(H,23,26). The highest BCUT2D eigenvalue weighted by Gasteiger charge is 2.12. The summed E-state index contributed by atoms with van der Waals surface area (Å²) in [5.74, 6) is 1.97. The Morgan fingerprint density at radius 1 is 1.14 bits per heavy atom. The van der Waals surface area contributed by atoms with Crippen LogP contribution < -0.4 is 10.1 Å². The van der Waals surface area contributed by atoms with Gasteiger partial charge in [-0.3, -0.25) is 9.36 Å². The molecular weight excluding hydrogens is 360 g/mol. The molecule has 0 saturated carbocycles. The number of amides is 1. The minimum Gasteiger partial charge on any atom is -0.497 e. The summed E-state index contributed by atoms with van der Waals surface area (Å²) in [5.41, 5.74) is 1.63. The predicted molar refractivity (Wildman–Crippen MR) is 100 cm³/mol. The first-order valence-corrected chi connectivity index (χ1v) is 8.39. The monoisotopic (exact) mass is 376 g/mol. The van der Waals surface area contributed by atoms with E-state index in [1.54, 1.807) is 61.3 Å². The highest BCUT2D eigenvalue weighted by molar-refractivity contribution is 6.02. The number of carbonyl (C=O) groups is 1. The lowest BCUT2D eigenvalue weighted by molar-refractivity contribution is 0.102. The van der Waals surface area contributed by atoms with Crippen LogP contribution in [-0.2, 0) is 0 Å². The van der Waals surface area contributed by atoms with Gasteiger partial charge in [0.2, 0.25) is 0 Å². The first-order chi connectivity index (χ1) is 13.6. The Hall–Kier alpha value is -4.01. The van der Waals surface area contributed by atoms with Crippen LogP contribution in [0.2, 0.25) is 0 Å². The van der Waals surface area contributed by atoms with E-state index in [0.29, 0.717) is 34.5 Å². The number of imidazole rings is 1. The van der Waals surface area contributed by atoms with Crippen molar-refractivity contribution in [3.8, 4) is 23.0 Å². The molecule has 0 bridgehead atoms. The van der Waals surface area contributed by atoms with Gasteiger partial charge in [0.05, 0.1) is 12.7 Å². The first-order valence-electron chi connectivity index (χ1n) is 8.39. The van der Waals surface area contributed by atoms with Crippen LogP contribution in [0.5, 0.6) is 5.75 Å². The van der Waals surface area contributed by atoms with E-state index in [0.717, 1.165) is 0 Å². The number of anilines is 1. The molecule has 1 amide bonds. The molecule has 3 heterocycles. The second-order valence-corrected chi connectivity index (χ2v) is 5.90. The summed E-state index contributed by atoms with van der Waals surface area (Å²) in [6.45, 7) is 1.75. The van der Waals surface area contributed by atoms with Gasteiger partial charge >= 0.3 is 0 Å². The Bertz CT molecular complexity index is 1100. The van der Waals surface area contributed by atoms with E-state index >= 15 is 0 Å². The largest absolute Gasteiger partial charge is 0.497 e. The van der Waals surface area contributed by atoms with Gasteiger partial charge in [-0.05, 0) is 43.3 Å². The van der Waals surface area contributed by atoms with Crippen LogP contribution in [-0.4, -0.2) is 37.7 Å². The Morgan fingerprint density at radius 3 is 2.61 bits per heavy atom. The molecule has 1 N–H and O–H groups in total. The molecule has 0 radical (unpaired) electrons. The number of benzene rings is 1. The number of ether oxygens (including phenoxy) is 1. The Morgan fingerprint density at radius 2 is 1.96 bits per heavy atom. The van der Waals surface area contributed by atoms with Crippen molar-refractivity contribution in [3.05, 3.63) is 66.6 Å². The summed E-state index contributed by atoms with van der Waals surface area (Å²) in [7, 11) is 1.59. The SMILES string of the molecule is COc1ccc(NC(=O)c2cn(-c3ccc(-c4nc(C)no4)cn3)cn2)cc1. The van der Waals surface area contributed by atoms with Crippen molar-refractivity contribution in [2.24, 2.45) is 0 Å². The molecule has 0 aliphatic carbocycles. The zero-order valence-corrected chi connectivity index (χ0v) is 15.2. The number of hydrogen-bond acceptors (Lipinski definition) is 7. The summed E-state index contributed by atoms with van der Waals surface area (Å²) < 4.78 is 11.9. The third-order valence-electron chi connectivity index (χ3n) is 3.95. The van der Waals surface area contributed by atoms with Gasteiger partial charge in [0.25, 0.3) is 11.8 Å². The molecule has 9 heteroatoms. The molecule has 0 unspecified atom stereocenters. The molecule has 0 aliphatic rings. The molecule has 0 aliphatic heterocycles. The van der Waals surface area contributed by atoms with E-state index in [1.807, 2.05) is 6.07 Å². The van der Waals surface area contributed by atoms with Crippen molar-refractivity contribution in [1.82, 2.24) is 24.7 Å². The molecule has 4 rings (SSSR count). The van der Waals surface area contributed by atoms with Gasteiger partial charge in [0.1, 0.15) is 23.6 Å². The number of aryl methyl sites for hydroxylation is 1. The van der Waals surface area contributed by atoms with Gasteiger partial charge in [-0.25, -0.2) is 9.97 Å². The maximum atomic E-state index is 12.4. The predicted octanol–water partition coefficient (Wildman–Crippen LogP) is 2.89.